The van der Waals surface area contributed by atoms with Crippen LogP contribution in [0.4, 0.5) is 10.1 Å². The second-order valence-electron chi connectivity index (χ2n) is 6.24. The average Bonchev–Trinajstić information content (AvgIpc) is 2.89. The monoisotopic (exact) mass is 371 g/mol. The molecule has 0 N–H and O–H groups in total. The fraction of sp³-hybridized carbons (Fsp3) is 0.200. The SMILES string of the molecule is Cc1cccc(N(C)C(=O)c2c(C)nn(Cc3ccc(F)cc3)c2Cl)c1. The fourth-order valence-corrected chi connectivity index (χ4v) is 3.10. The molecule has 0 saturated carbocycles. The largest absolute Gasteiger partial charge is 0.311 e. The molecule has 1 amide bonds. The highest BCUT2D eigenvalue weighted by atomic mass is 35.5. The van der Waals surface area contributed by atoms with Gasteiger partial charge < -0.3 is 4.90 Å². The number of halogens is 2. The lowest BCUT2D eigenvalue weighted by molar-refractivity contribution is 0.0992. The third kappa shape index (κ3) is 3.63. The topological polar surface area (TPSA) is 38.1 Å². The maximum Gasteiger partial charge on any atom is 0.263 e. The van der Waals surface area contributed by atoms with E-state index in [-0.39, 0.29) is 16.9 Å². The normalized spacial score (nSPS) is 10.8. The number of aromatic nitrogens is 2. The standard InChI is InChI=1S/C20H19ClFN3O/c1-13-5-4-6-17(11-13)24(3)20(26)18-14(2)23-25(19(18)21)12-15-7-9-16(22)10-8-15/h4-11H,12H2,1-3H3. The Hall–Kier alpha value is -2.66. The van der Waals surface area contributed by atoms with E-state index in [1.165, 1.54) is 12.1 Å². The second kappa shape index (κ2) is 7.30. The van der Waals surface area contributed by atoms with Crippen molar-refractivity contribution in [1.29, 1.82) is 0 Å². The van der Waals surface area contributed by atoms with Crippen LogP contribution in [-0.2, 0) is 6.54 Å². The van der Waals surface area contributed by atoms with E-state index in [1.807, 2.05) is 31.2 Å². The maximum absolute atomic E-state index is 13.1. The molecule has 3 aromatic rings. The lowest BCUT2D eigenvalue weighted by atomic mass is 10.2. The summed E-state index contributed by atoms with van der Waals surface area (Å²) in [5.74, 6) is -0.518. The highest BCUT2D eigenvalue weighted by Gasteiger charge is 2.24. The van der Waals surface area contributed by atoms with Crippen molar-refractivity contribution in [3.05, 3.63) is 81.9 Å². The van der Waals surface area contributed by atoms with E-state index in [0.29, 0.717) is 17.8 Å². The van der Waals surface area contributed by atoms with Crippen molar-refractivity contribution in [3.63, 3.8) is 0 Å². The van der Waals surface area contributed by atoms with Crippen LogP contribution in [0.2, 0.25) is 5.15 Å². The molecule has 0 spiro atoms. The fourth-order valence-electron chi connectivity index (χ4n) is 2.79. The summed E-state index contributed by atoms with van der Waals surface area (Å²) in [5.41, 5.74) is 3.63. The molecule has 0 saturated heterocycles. The lowest BCUT2D eigenvalue weighted by Crippen LogP contribution is -2.26. The summed E-state index contributed by atoms with van der Waals surface area (Å²) in [6.45, 7) is 4.09. The van der Waals surface area contributed by atoms with Crippen molar-refractivity contribution in [2.45, 2.75) is 20.4 Å². The van der Waals surface area contributed by atoms with Crippen LogP contribution >= 0.6 is 11.6 Å². The van der Waals surface area contributed by atoms with Gasteiger partial charge in [0, 0.05) is 12.7 Å². The Kier molecular flexibility index (Phi) is 5.09. The highest BCUT2D eigenvalue weighted by Crippen LogP contribution is 2.25. The van der Waals surface area contributed by atoms with Crippen molar-refractivity contribution in [2.24, 2.45) is 0 Å². The Morgan fingerprint density at radius 2 is 1.88 bits per heavy atom. The molecule has 26 heavy (non-hydrogen) atoms. The Labute approximate surface area is 156 Å². The summed E-state index contributed by atoms with van der Waals surface area (Å²) < 4.78 is 14.6. The minimum atomic E-state index is -0.299. The molecule has 0 radical (unpaired) electrons. The second-order valence-corrected chi connectivity index (χ2v) is 6.60. The average molecular weight is 372 g/mol. The van der Waals surface area contributed by atoms with Gasteiger partial charge in [-0.25, -0.2) is 9.07 Å². The number of carbonyl (C=O) groups excluding carboxylic acids is 1. The van der Waals surface area contributed by atoms with E-state index in [1.54, 1.807) is 35.7 Å². The number of aryl methyl sites for hydroxylation is 2. The van der Waals surface area contributed by atoms with Crippen LogP contribution in [0, 0.1) is 19.7 Å². The Balaban J connectivity index is 1.89. The summed E-state index contributed by atoms with van der Waals surface area (Å²) in [6, 6.07) is 13.8. The number of carbonyl (C=O) groups is 1. The first-order valence-corrected chi connectivity index (χ1v) is 8.56. The molecule has 2 aromatic carbocycles. The summed E-state index contributed by atoms with van der Waals surface area (Å²) in [6.07, 6.45) is 0. The Morgan fingerprint density at radius 3 is 2.54 bits per heavy atom. The van der Waals surface area contributed by atoms with Crippen molar-refractivity contribution < 1.29 is 9.18 Å². The minimum Gasteiger partial charge on any atom is -0.311 e. The van der Waals surface area contributed by atoms with Gasteiger partial charge in [-0.15, -0.1) is 0 Å². The summed E-state index contributed by atoms with van der Waals surface area (Å²) in [5, 5.41) is 4.66. The van der Waals surface area contributed by atoms with Crippen molar-refractivity contribution in [2.75, 3.05) is 11.9 Å². The van der Waals surface area contributed by atoms with Gasteiger partial charge in [-0.1, -0.05) is 35.9 Å². The van der Waals surface area contributed by atoms with Gasteiger partial charge in [0.25, 0.3) is 5.91 Å². The molecule has 0 atom stereocenters. The molecule has 3 rings (SSSR count). The van der Waals surface area contributed by atoms with Gasteiger partial charge in [-0.05, 0) is 49.2 Å². The van der Waals surface area contributed by atoms with Crippen LogP contribution in [0.3, 0.4) is 0 Å². The van der Waals surface area contributed by atoms with E-state index >= 15 is 0 Å². The number of hydrogen-bond acceptors (Lipinski definition) is 2. The van der Waals surface area contributed by atoms with E-state index in [2.05, 4.69) is 5.10 Å². The van der Waals surface area contributed by atoms with E-state index < -0.39 is 0 Å². The van der Waals surface area contributed by atoms with Crippen molar-refractivity contribution in [3.8, 4) is 0 Å². The molecule has 134 valence electrons. The predicted molar refractivity (Wildman–Crippen MR) is 101 cm³/mol. The minimum absolute atomic E-state index is 0.219. The van der Waals surface area contributed by atoms with Gasteiger partial charge in [0.15, 0.2) is 0 Å². The molecule has 0 bridgehead atoms. The van der Waals surface area contributed by atoms with E-state index in [4.69, 9.17) is 11.6 Å². The lowest BCUT2D eigenvalue weighted by Gasteiger charge is -2.17. The molecule has 1 aromatic heterocycles. The zero-order valence-corrected chi connectivity index (χ0v) is 15.6. The van der Waals surface area contributed by atoms with Gasteiger partial charge in [0.2, 0.25) is 0 Å². The Bertz CT molecular complexity index is 950. The van der Waals surface area contributed by atoms with Crippen LogP contribution in [0.5, 0.6) is 0 Å². The number of rotatable bonds is 4. The summed E-state index contributed by atoms with van der Waals surface area (Å²) >= 11 is 6.45. The van der Waals surface area contributed by atoms with Crippen LogP contribution in [0.25, 0.3) is 0 Å². The number of nitrogens with zero attached hydrogens (tertiary/aromatic N) is 3. The first-order valence-electron chi connectivity index (χ1n) is 8.19. The van der Waals surface area contributed by atoms with Gasteiger partial charge in [0.1, 0.15) is 11.0 Å². The number of benzene rings is 2. The molecule has 0 fully saturated rings. The third-order valence-corrected chi connectivity index (χ3v) is 4.60. The van der Waals surface area contributed by atoms with Crippen LogP contribution in [0.15, 0.2) is 48.5 Å². The Morgan fingerprint density at radius 1 is 1.19 bits per heavy atom. The smallest absolute Gasteiger partial charge is 0.263 e. The first-order chi connectivity index (χ1) is 12.4. The van der Waals surface area contributed by atoms with Crippen molar-refractivity contribution >= 4 is 23.2 Å². The molecule has 0 aliphatic carbocycles. The molecule has 1 heterocycles. The van der Waals surface area contributed by atoms with Crippen LogP contribution in [0.1, 0.15) is 27.2 Å². The zero-order chi connectivity index (χ0) is 18.8. The van der Waals surface area contributed by atoms with Gasteiger partial charge in [-0.2, -0.15) is 5.10 Å². The highest BCUT2D eigenvalue weighted by molar-refractivity contribution is 6.33. The molecule has 6 heteroatoms. The third-order valence-electron chi connectivity index (χ3n) is 4.22. The molecular formula is C20H19ClFN3O. The number of anilines is 1. The molecular weight excluding hydrogens is 353 g/mol. The number of amides is 1. The predicted octanol–water partition coefficient (Wildman–Crippen LogP) is 4.62. The summed E-state index contributed by atoms with van der Waals surface area (Å²) in [7, 11) is 1.71. The molecule has 4 nitrogen and oxygen atoms in total. The van der Waals surface area contributed by atoms with Gasteiger partial charge >= 0.3 is 0 Å². The zero-order valence-electron chi connectivity index (χ0n) is 14.8. The van der Waals surface area contributed by atoms with Crippen LogP contribution in [-0.4, -0.2) is 22.7 Å². The van der Waals surface area contributed by atoms with Crippen LogP contribution < -0.4 is 4.90 Å². The van der Waals surface area contributed by atoms with Gasteiger partial charge in [-0.3, -0.25) is 4.79 Å². The van der Waals surface area contributed by atoms with Gasteiger partial charge in [0.05, 0.1) is 17.8 Å². The maximum atomic E-state index is 13.1. The first kappa shape index (κ1) is 18.1. The molecule has 0 aliphatic rings. The van der Waals surface area contributed by atoms with E-state index in [0.717, 1.165) is 16.8 Å². The molecule has 0 aliphatic heterocycles. The van der Waals surface area contributed by atoms with Crippen molar-refractivity contribution in [1.82, 2.24) is 9.78 Å². The number of hydrogen-bond donors (Lipinski definition) is 0. The van der Waals surface area contributed by atoms with E-state index in [9.17, 15) is 9.18 Å². The molecule has 0 unspecified atom stereocenters. The quantitative estimate of drug-likeness (QED) is 0.671. The summed E-state index contributed by atoms with van der Waals surface area (Å²) in [4.78, 5) is 14.5.